The Morgan fingerprint density at radius 3 is 3.22 bits per heavy atom. The Kier molecular flexibility index (Phi) is 3.37. The summed E-state index contributed by atoms with van der Waals surface area (Å²) in [6, 6.07) is 2.20. The van der Waals surface area contributed by atoms with Gasteiger partial charge in [0.1, 0.15) is 0 Å². The molecule has 1 aromatic heterocycles. The molecule has 0 amide bonds. The zero-order valence-electron chi connectivity index (χ0n) is 10.2. The molecule has 2 atom stereocenters. The minimum atomic E-state index is -0.823. The summed E-state index contributed by atoms with van der Waals surface area (Å²) in [5, 5.41) is 11.1. The van der Waals surface area contributed by atoms with Crippen molar-refractivity contribution in [1.82, 2.24) is 4.90 Å². The lowest BCUT2D eigenvalue weighted by molar-refractivity contribution is -0.149. The smallest absolute Gasteiger partial charge is 0.332 e. The molecule has 2 aliphatic heterocycles. The van der Waals surface area contributed by atoms with E-state index in [0.717, 1.165) is 32.5 Å². The number of thiophene rings is 1. The van der Waals surface area contributed by atoms with Crippen molar-refractivity contribution in [2.24, 2.45) is 0 Å². The summed E-state index contributed by atoms with van der Waals surface area (Å²) >= 11 is 1.84. The lowest BCUT2D eigenvalue weighted by Gasteiger charge is -2.28. The van der Waals surface area contributed by atoms with Crippen molar-refractivity contribution < 1.29 is 14.6 Å². The van der Waals surface area contributed by atoms with Crippen LogP contribution in [0.2, 0.25) is 0 Å². The molecule has 1 saturated heterocycles. The molecule has 0 aromatic carbocycles. The van der Waals surface area contributed by atoms with Gasteiger partial charge in [-0.2, -0.15) is 0 Å². The molecule has 98 valence electrons. The van der Waals surface area contributed by atoms with E-state index in [9.17, 15) is 4.79 Å². The highest BCUT2D eigenvalue weighted by molar-refractivity contribution is 7.10. The number of ether oxygens (including phenoxy) is 1. The molecule has 1 aromatic rings. The van der Waals surface area contributed by atoms with Crippen LogP contribution < -0.4 is 0 Å². The highest BCUT2D eigenvalue weighted by atomic mass is 32.1. The van der Waals surface area contributed by atoms with Gasteiger partial charge in [-0.15, -0.1) is 11.3 Å². The maximum absolute atomic E-state index is 10.8. The van der Waals surface area contributed by atoms with Crippen LogP contribution in [-0.2, 0) is 22.5 Å². The van der Waals surface area contributed by atoms with Crippen LogP contribution in [-0.4, -0.2) is 41.3 Å². The van der Waals surface area contributed by atoms with Crippen LogP contribution in [0.5, 0.6) is 0 Å². The third-order valence-electron chi connectivity index (χ3n) is 3.73. The van der Waals surface area contributed by atoms with Gasteiger partial charge in [0.25, 0.3) is 0 Å². The van der Waals surface area contributed by atoms with E-state index in [0.29, 0.717) is 6.42 Å². The monoisotopic (exact) mass is 267 g/mol. The molecule has 3 rings (SSSR count). The second kappa shape index (κ2) is 4.99. The molecule has 4 nitrogen and oxygen atoms in total. The van der Waals surface area contributed by atoms with E-state index in [4.69, 9.17) is 9.84 Å². The molecule has 0 aliphatic carbocycles. The number of aliphatic carboxylic acids is 1. The maximum Gasteiger partial charge on any atom is 0.332 e. The molecule has 2 unspecified atom stereocenters. The van der Waals surface area contributed by atoms with Crippen molar-refractivity contribution in [2.75, 3.05) is 13.1 Å². The fourth-order valence-corrected chi connectivity index (χ4v) is 3.66. The lowest BCUT2D eigenvalue weighted by atomic mass is 10.1. The van der Waals surface area contributed by atoms with Crippen LogP contribution in [0.3, 0.4) is 0 Å². The quantitative estimate of drug-likeness (QED) is 0.906. The topological polar surface area (TPSA) is 49.8 Å². The number of carbonyl (C=O) groups is 1. The Bertz CT molecular complexity index is 445. The Morgan fingerprint density at radius 1 is 1.56 bits per heavy atom. The van der Waals surface area contributed by atoms with Gasteiger partial charge in [-0.3, -0.25) is 4.90 Å². The van der Waals surface area contributed by atoms with Crippen molar-refractivity contribution in [3.05, 3.63) is 21.9 Å². The van der Waals surface area contributed by atoms with Crippen molar-refractivity contribution in [1.29, 1.82) is 0 Å². The fraction of sp³-hybridized carbons (Fsp3) is 0.615. The molecule has 18 heavy (non-hydrogen) atoms. The van der Waals surface area contributed by atoms with E-state index in [2.05, 4.69) is 16.3 Å². The van der Waals surface area contributed by atoms with Crippen LogP contribution in [0, 0.1) is 0 Å². The Balaban J connectivity index is 1.54. The van der Waals surface area contributed by atoms with Crippen LogP contribution in [0.25, 0.3) is 0 Å². The first-order valence-electron chi connectivity index (χ1n) is 6.38. The number of carboxylic acids is 1. The van der Waals surface area contributed by atoms with Crippen molar-refractivity contribution in [3.8, 4) is 0 Å². The van der Waals surface area contributed by atoms with E-state index < -0.39 is 12.1 Å². The van der Waals surface area contributed by atoms with E-state index in [1.807, 2.05) is 11.3 Å². The zero-order valence-corrected chi connectivity index (χ0v) is 11.0. The summed E-state index contributed by atoms with van der Waals surface area (Å²) in [6.45, 7) is 2.90. The van der Waals surface area contributed by atoms with Gasteiger partial charge in [-0.1, -0.05) is 0 Å². The summed E-state index contributed by atoms with van der Waals surface area (Å²) < 4.78 is 5.56. The van der Waals surface area contributed by atoms with Crippen molar-refractivity contribution >= 4 is 17.3 Å². The third kappa shape index (κ3) is 2.43. The van der Waals surface area contributed by atoms with Gasteiger partial charge in [-0.05, 0) is 36.3 Å². The number of hydrogen-bond acceptors (Lipinski definition) is 4. The number of rotatable bonds is 3. The Hall–Kier alpha value is -0.910. The van der Waals surface area contributed by atoms with Gasteiger partial charge in [0.2, 0.25) is 0 Å². The summed E-state index contributed by atoms with van der Waals surface area (Å²) in [6.07, 6.45) is 2.13. The second-order valence-corrected chi connectivity index (χ2v) is 6.02. The minimum Gasteiger partial charge on any atom is -0.479 e. The van der Waals surface area contributed by atoms with Gasteiger partial charge in [0, 0.05) is 24.5 Å². The molecule has 1 fully saturated rings. The highest BCUT2D eigenvalue weighted by Crippen LogP contribution is 2.26. The Morgan fingerprint density at radius 2 is 2.44 bits per heavy atom. The van der Waals surface area contributed by atoms with Crippen LogP contribution in [0.15, 0.2) is 11.4 Å². The molecule has 0 radical (unpaired) electrons. The van der Waals surface area contributed by atoms with E-state index in [1.54, 1.807) is 0 Å². The molecular formula is C13H17NO3S. The molecule has 0 bridgehead atoms. The summed E-state index contributed by atoms with van der Waals surface area (Å²) in [7, 11) is 0. The van der Waals surface area contributed by atoms with E-state index in [-0.39, 0.29) is 6.10 Å². The zero-order chi connectivity index (χ0) is 12.5. The van der Waals surface area contributed by atoms with Gasteiger partial charge in [0.05, 0.1) is 6.10 Å². The number of hydrogen-bond donors (Lipinski definition) is 1. The molecule has 0 spiro atoms. The number of carboxylic acid groups (broad SMARTS) is 1. The van der Waals surface area contributed by atoms with E-state index in [1.165, 1.54) is 10.4 Å². The SMILES string of the molecule is O=C(O)C1CCC(CN2CCc3sccc3C2)O1. The molecule has 1 N–H and O–H groups in total. The average molecular weight is 267 g/mol. The van der Waals surface area contributed by atoms with Crippen molar-refractivity contribution in [2.45, 2.75) is 38.0 Å². The lowest BCUT2D eigenvalue weighted by Crippen LogP contribution is -2.36. The second-order valence-electron chi connectivity index (χ2n) is 5.02. The standard InChI is InChI=1S/C13H17NO3S/c15-13(16)11-2-1-10(17-11)8-14-5-3-12-9(7-14)4-6-18-12/h4,6,10-11H,1-3,5,7-8H2,(H,15,16). The molecular weight excluding hydrogens is 250 g/mol. The Labute approximate surface area is 110 Å². The fourth-order valence-electron chi connectivity index (χ4n) is 2.77. The average Bonchev–Trinajstić information content (AvgIpc) is 2.96. The molecule has 2 aliphatic rings. The molecule has 5 heteroatoms. The van der Waals surface area contributed by atoms with E-state index >= 15 is 0 Å². The molecule has 3 heterocycles. The summed E-state index contributed by atoms with van der Waals surface area (Å²) in [4.78, 5) is 14.7. The minimum absolute atomic E-state index is 0.0892. The highest BCUT2D eigenvalue weighted by Gasteiger charge is 2.32. The number of fused-ring (bicyclic) bond motifs is 1. The van der Waals surface area contributed by atoms with Gasteiger partial charge in [0.15, 0.2) is 6.10 Å². The summed E-state index contributed by atoms with van der Waals surface area (Å²) in [5.74, 6) is -0.823. The normalized spacial score (nSPS) is 28.2. The van der Waals surface area contributed by atoms with Crippen LogP contribution >= 0.6 is 11.3 Å². The first-order chi connectivity index (χ1) is 8.72. The van der Waals surface area contributed by atoms with Gasteiger partial charge >= 0.3 is 5.97 Å². The first kappa shape index (κ1) is 12.1. The van der Waals surface area contributed by atoms with Crippen LogP contribution in [0.4, 0.5) is 0 Å². The first-order valence-corrected chi connectivity index (χ1v) is 7.26. The summed E-state index contributed by atoms with van der Waals surface area (Å²) in [5.41, 5.74) is 1.43. The van der Waals surface area contributed by atoms with Crippen molar-refractivity contribution in [3.63, 3.8) is 0 Å². The van der Waals surface area contributed by atoms with Gasteiger partial charge in [-0.25, -0.2) is 4.79 Å². The van der Waals surface area contributed by atoms with Gasteiger partial charge < -0.3 is 9.84 Å². The largest absolute Gasteiger partial charge is 0.479 e. The predicted molar refractivity (Wildman–Crippen MR) is 68.8 cm³/mol. The predicted octanol–water partition coefficient (Wildman–Crippen LogP) is 1.74. The number of nitrogens with zero attached hydrogens (tertiary/aromatic N) is 1. The van der Waals surface area contributed by atoms with Crippen LogP contribution in [0.1, 0.15) is 23.3 Å². The maximum atomic E-state index is 10.8. The third-order valence-corrected chi connectivity index (χ3v) is 4.75. The molecule has 0 saturated carbocycles.